The van der Waals surface area contributed by atoms with Gasteiger partial charge in [-0.2, -0.15) is 4.31 Å². The van der Waals surface area contributed by atoms with E-state index in [4.69, 9.17) is 0 Å². The molecule has 0 aliphatic carbocycles. The number of hydrogen-bond donors (Lipinski definition) is 1. The number of carbonyl (C=O) groups excluding carboxylic acids is 1. The minimum Gasteiger partial charge on any atom is -0.320 e. The molecule has 8 heteroatoms. The van der Waals surface area contributed by atoms with Gasteiger partial charge in [-0.25, -0.2) is 13.4 Å². The molecule has 1 amide bonds. The van der Waals surface area contributed by atoms with Crippen LogP contribution in [0.25, 0.3) is 10.2 Å². The van der Waals surface area contributed by atoms with Crippen LogP contribution in [0.3, 0.4) is 0 Å². The van der Waals surface area contributed by atoms with Gasteiger partial charge in [0.2, 0.25) is 10.0 Å². The van der Waals surface area contributed by atoms with Crippen LogP contribution in [-0.2, 0) is 23.0 Å². The van der Waals surface area contributed by atoms with Crippen LogP contribution in [0.1, 0.15) is 26.5 Å². The third kappa shape index (κ3) is 3.92. The predicted molar refractivity (Wildman–Crippen MR) is 126 cm³/mol. The van der Waals surface area contributed by atoms with Crippen molar-refractivity contribution < 1.29 is 13.2 Å². The van der Waals surface area contributed by atoms with Gasteiger partial charge in [0, 0.05) is 18.8 Å². The van der Waals surface area contributed by atoms with Gasteiger partial charge < -0.3 is 5.32 Å². The minimum absolute atomic E-state index is 0.272. The van der Waals surface area contributed by atoms with Crippen LogP contribution in [0.5, 0.6) is 0 Å². The second-order valence-electron chi connectivity index (χ2n) is 7.83. The Bertz CT molecular complexity index is 1390. The van der Waals surface area contributed by atoms with Crippen molar-refractivity contribution in [2.75, 3.05) is 11.9 Å². The lowest BCUT2D eigenvalue weighted by atomic mass is 10.0. The van der Waals surface area contributed by atoms with Crippen molar-refractivity contribution in [2.45, 2.75) is 24.8 Å². The quantitative estimate of drug-likeness (QED) is 0.480. The summed E-state index contributed by atoms with van der Waals surface area (Å²) >= 11 is 1.35. The second kappa shape index (κ2) is 8.12. The normalized spacial score (nSPS) is 14.3. The molecule has 5 rings (SSSR count). The van der Waals surface area contributed by atoms with Crippen molar-refractivity contribution in [2.24, 2.45) is 0 Å². The maximum absolute atomic E-state index is 13.1. The van der Waals surface area contributed by atoms with Crippen LogP contribution in [-0.4, -0.2) is 30.2 Å². The lowest BCUT2D eigenvalue weighted by Gasteiger charge is -2.28. The number of amides is 1. The van der Waals surface area contributed by atoms with E-state index >= 15 is 0 Å². The van der Waals surface area contributed by atoms with Crippen molar-refractivity contribution in [1.29, 1.82) is 0 Å². The van der Waals surface area contributed by atoms with Gasteiger partial charge >= 0.3 is 0 Å². The summed E-state index contributed by atoms with van der Waals surface area (Å²) in [4.78, 5) is 17.4. The number of sulfonamides is 1. The molecule has 1 aliphatic heterocycles. The van der Waals surface area contributed by atoms with E-state index in [1.165, 1.54) is 15.6 Å². The number of nitrogens with one attached hydrogen (secondary N) is 1. The van der Waals surface area contributed by atoms with Gasteiger partial charge in [-0.1, -0.05) is 35.9 Å². The highest BCUT2D eigenvalue weighted by molar-refractivity contribution is 7.89. The SMILES string of the molecule is Cc1ccc(S(=O)(=O)N2CCc3ccc(NC(=O)c4nc5ccccc5s4)cc3C2)cc1. The lowest BCUT2D eigenvalue weighted by Crippen LogP contribution is -2.36. The van der Waals surface area contributed by atoms with Crippen LogP contribution >= 0.6 is 11.3 Å². The number of nitrogens with zero attached hydrogens (tertiary/aromatic N) is 2. The molecule has 1 N–H and O–H groups in total. The highest BCUT2D eigenvalue weighted by Crippen LogP contribution is 2.28. The molecule has 0 radical (unpaired) electrons. The Labute approximate surface area is 190 Å². The molecule has 32 heavy (non-hydrogen) atoms. The fourth-order valence-electron chi connectivity index (χ4n) is 3.83. The molecule has 0 unspecified atom stereocenters. The van der Waals surface area contributed by atoms with E-state index < -0.39 is 10.0 Å². The van der Waals surface area contributed by atoms with Crippen LogP contribution in [0.4, 0.5) is 5.69 Å². The first-order valence-electron chi connectivity index (χ1n) is 10.3. The van der Waals surface area contributed by atoms with Crippen molar-refractivity contribution in [3.8, 4) is 0 Å². The number of hydrogen-bond acceptors (Lipinski definition) is 5. The molecular weight excluding hydrogens is 442 g/mol. The first-order chi connectivity index (χ1) is 15.4. The standard InChI is InChI=1S/C24H21N3O3S2/c1-16-6-10-20(11-7-16)32(29,30)27-13-12-17-8-9-19(14-18(17)15-27)25-23(28)24-26-21-4-2-3-5-22(21)31-24/h2-11,14H,12-13,15H2,1H3,(H,25,28). The zero-order valence-corrected chi connectivity index (χ0v) is 19.0. The number of carbonyl (C=O) groups is 1. The van der Waals surface area contributed by atoms with Crippen molar-refractivity contribution in [3.63, 3.8) is 0 Å². The third-order valence-corrected chi connectivity index (χ3v) is 8.48. The number of anilines is 1. The van der Waals surface area contributed by atoms with E-state index in [9.17, 15) is 13.2 Å². The molecule has 0 saturated carbocycles. The molecule has 4 aromatic rings. The average Bonchev–Trinajstić information content (AvgIpc) is 3.23. The molecular formula is C24H21N3O3S2. The molecule has 1 aliphatic rings. The highest BCUT2D eigenvalue weighted by Gasteiger charge is 2.28. The first kappa shape index (κ1) is 20.8. The summed E-state index contributed by atoms with van der Waals surface area (Å²) in [7, 11) is -3.58. The Balaban J connectivity index is 1.36. The van der Waals surface area contributed by atoms with Crippen LogP contribution in [0.15, 0.2) is 71.6 Å². The van der Waals surface area contributed by atoms with Crippen LogP contribution in [0, 0.1) is 6.92 Å². The van der Waals surface area contributed by atoms with Crippen molar-refractivity contribution in [3.05, 3.63) is 88.4 Å². The molecule has 1 aromatic heterocycles. The molecule has 0 atom stereocenters. The summed E-state index contributed by atoms with van der Waals surface area (Å²) in [5.74, 6) is -0.272. The topological polar surface area (TPSA) is 79.4 Å². The van der Waals surface area contributed by atoms with Crippen LogP contribution < -0.4 is 5.32 Å². The van der Waals surface area contributed by atoms with Gasteiger partial charge in [-0.05, 0) is 60.9 Å². The summed E-state index contributed by atoms with van der Waals surface area (Å²) < 4.78 is 28.6. The van der Waals surface area contributed by atoms with Gasteiger partial charge in [-0.15, -0.1) is 11.3 Å². The number of benzene rings is 3. The highest BCUT2D eigenvalue weighted by atomic mass is 32.2. The van der Waals surface area contributed by atoms with Gasteiger partial charge in [0.1, 0.15) is 0 Å². The first-order valence-corrected chi connectivity index (χ1v) is 12.5. The van der Waals surface area contributed by atoms with Gasteiger partial charge in [0.25, 0.3) is 5.91 Å². The average molecular weight is 464 g/mol. The second-order valence-corrected chi connectivity index (χ2v) is 10.8. The summed E-state index contributed by atoms with van der Waals surface area (Å²) in [5, 5.41) is 3.30. The molecule has 3 aromatic carbocycles. The maximum atomic E-state index is 13.1. The summed E-state index contributed by atoms with van der Waals surface area (Å²) in [6, 6.07) is 20.2. The number of fused-ring (bicyclic) bond motifs is 2. The number of thiazole rings is 1. The maximum Gasteiger partial charge on any atom is 0.284 e. The Hall–Kier alpha value is -3.07. The smallest absolute Gasteiger partial charge is 0.284 e. The van der Waals surface area contributed by atoms with E-state index in [1.807, 2.05) is 49.4 Å². The van der Waals surface area contributed by atoms with E-state index in [-0.39, 0.29) is 12.5 Å². The minimum atomic E-state index is -3.58. The largest absolute Gasteiger partial charge is 0.320 e. The van der Waals surface area contributed by atoms with E-state index in [0.29, 0.717) is 28.6 Å². The number of rotatable bonds is 4. The Morgan fingerprint density at radius 1 is 1.03 bits per heavy atom. The molecule has 0 spiro atoms. The fraction of sp³-hybridized carbons (Fsp3) is 0.167. The molecule has 0 saturated heterocycles. The zero-order chi connectivity index (χ0) is 22.3. The van der Waals surface area contributed by atoms with Crippen molar-refractivity contribution >= 4 is 43.2 Å². The third-order valence-electron chi connectivity index (χ3n) is 5.59. The summed E-state index contributed by atoms with van der Waals surface area (Å²) in [6.45, 7) is 2.63. The molecule has 6 nitrogen and oxygen atoms in total. The van der Waals surface area contributed by atoms with E-state index in [1.54, 1.807) is 24.3 Å². The monoisotopic (exact) mass is 463 g/mol. The zero-order valence-electron chi connectivity index (χ0n) is 17.4. The molecule has 0 fully saturated rings. The van der Waals surface area contributed by atoms with Crippen LogP contribution in [0.2, 0.25) is 0 Å². The van der Waals surface area contributed by atoms with Crippen molar-refractivity contribution in [1.82, 2.24) is 9.29 Å². The Kier molecular flexibility index (Phi) is 5.28. The van der Waals surface area contributed by atoms with Gasteiger partial charge in [0.05, 0.1) is 15.1 Å². The van der Waals surface area contributed by atoms with E-state index in [2.05, 4.69) is 10.3 Å². The van der Waals surface area contributed by atoms with Gasteiger partial charge in [-0.3, -0.25) is 4.79 Å². The molecule has 2 heterocycles. The number of para-hydroxylation sites is 1. The van der Waals surface area contributed by atoms with Gasteiger partial charge in [0.15, 0.2) is 5.01 Å². The van der Waals surface area contributed by atoms with E-state index in [0.717, 1.165) is 26.9 Å². The summed E-state index contributed by atoms with van der Waals surface area (Å²) in [6.07, 6.45) is 0.631. The Morgan fingerprint density at radius 3 is 2.59 bits per heavy atom. The predicted octanol–water partition coefficient (Wildman–Crippen LogP) is 4.60. The molecule has 0 bridgehead atoms. The fourth-order valence-corrected chi connectivity index (χ4v) is 6.11. The lowest BCUT2D eigenvalue weighted by molar-refractivity contribution is 0.102. The number of aromatic nitrogens is 1. The Morgan fingerprint density at radius 2 is 1.81 bits per heavy atom. The number of aryl methyl sites for hydroxylation is 1. The summed E-state index contributed by atoms with van der Waals surface area (Å²) in [5.41, 5.74) is 4.43. The molecule has 162 valence electrons.